The van der Waals surface area contributed by atoms with Crippen molar-refractivity contribution in [1.82, 2.24) is 35.7 Å². The van der Waals surface area contributed by atoms with E-state index in [1.54, 1.807) is 16.0 Å². The van der Waals surface area contributed by atoms with Crippen LogP contribution in [0, 0.1) is 24.7 Å². The van der Waals surface area contributed by atoms with Crippen LogP contribution in [-0.4, -0.2) is 100 Å². The van der Waals surface area contributed by atoms with Gasteiger partial charge in [0.25, 0.3) is 0 Å². The minimum atomic E-state index is -1.04. The lowest BCUT2D eigenvalue weighted by atomic mass is 9.81. The molecular weight excluding hydrogens is 771 g/mol. The summed E-state index contributed by atoms with van der Waals surface area (Å²) in [6.45, 7) is 14.8. The molecule has 1 fully saturated rings. The number of amides is 5. The van der Waals surface area contributed by atoms with Crippen LogP contribution in [0.3, 0.4) is 0 Å². The minimum absolute atomic E-state index is 0.0549. The van der Waals surface area contributed by atoms with Crippen LogP contribution in [-0.2, 0) is 27.3 Å². The van der Waals surface area contributed by atoms with E-state index in [-0.39, 0.29) is 49.7 Å². The molecule has 13 nitrogen and oxygen atoms in total. The number of hydrogen-bond donors (Lipinski definition) is 4. The maximum Gasteiger partial charge on any atom is 0.406 e. The molecule has 61 heavy (non-hydrogen) atoms. The quantitative estimate of drug-likeness (QED) is 0.0875. The van der Waals surface area contributed by atoms with Gasteiger partial charge in [-0.2, -0.15) is 0 Å². The second-order valence-electron chi connectivity index (χ2n) is 18.1. The lowest BCUT2D eigenvalue weighted by Gasteiger charge is -2.39. The first-order valence-electron chi connectivity index (χ1n) is 21.0. The fraction of sp³-hybridized carbons (Fsp3) is 0.458. The molecule has 0 bridgehead atoms. The number of aliphatic hydroxyl groups is 1. The first kappa shape index (κ1) is 46.2. The molecule has 1 saturated heterocycles. The van der Waals surface area contributed by atoms with Crippen LogP contribution < -0.4 is 16.0 Å². The normalized spacial score (nSPS) is 15.1. The Kier molecular flexibility index (Phi) is 15.6. The average molecular weight is 834 g/mol. The van der Waals surface area contributed by atoms with Crippen LogP contribution in [0.15, 0.2) is 91.1 Å². The van der Waals surface area contributed by atoms with Crippen LogP contribution in [0.4, 0.5) is 9.59 Å². The van der Waals surface area contributed by atoms with Crippen molar-refractivity contribution in [3.8, 4) is 11.3 Å². The van der Waals surface area contributed by atoms with Crippen molar-refractivity contribution in [3.63, 3.8) is 0 Å². The highest BCUT2D eigenvalue weighted by Gasteiger charge is 2.44. The van der Waals surface area contributed by atoms with E-state index in [4.69, 9.17) is 0 Å². The molecule has 1 aliphatic rings. The predicted molar refractivity (Wildman–Crippen MR) is 236 cm³/mol. The topological polar surface area (TPSA) is 166 Å². The zero-order chi connectivity index (χ0) is 44.3. The smallest absolute Gasteiger partial charge is 0.406 e. The second-order valence-corrected chi connectivity index (χ2v) is 18.1. The standard InChI is InChI=1S/C48H63N7O6/c1-32-21-22-49-40(25-32)36-19-17-34(18-20-36)26-39(35-14-10-9-11-15-35)41(27-38(56)29-50-42(57)28-48(6,7)31-51-45(59)61-8)53-44(58)43(47(3,4)5)55-24-23-54(46(55)60)30-37-16-12-13-33(2)52-37/h9-22,25,38-39,41,43,56H,23-24,26-31H2,1-8H3,(H,50,57)(H,51,59)(H,53,58). The average Bonchev–Trinajstić information content (AvgIpc) is 3.55. The molecule has 326 valence electrons. The molecular formula is C48H63N7O6. The number of alkyl carbamates (subject to hydrolysis) is 1. The summed E-state index contributed by atoms with van der Waals surface area (Å²) in [6, 6.07) is 26.2. The van der Waals surface area contributed by atoms with E-state index in [0.29, 0.717) is 26.1 Å². The van der Waals surface area contributed by atoms with Gasteiger partial charge in [-0.05, 0) is 78.5 Å². The summed E-state index contributed by atoms with van der Waals surface area (Å²) in [7, 11) is 1.28. The Bertz CT molecular complexity index is 2100. The molecule has 13 heteroatoms. The highest BCUT2D eigenvalue weighted by Crippen LogP contribution is 2.32. The van der Waals surface area contributed by atoms with Crippen molar-refractivity contribution in [2.45, 2.75) is 98.4 Å². The number of methoxy groups -OCH3 is 1. The zero-order valence-electron chi connectivity index (χ0n) is 36.9. The second kappa shape index (κ2) is 20.6. The van der Waals surface area contributed by atoms with Crippen molar-refractivity contribution in [3.05, 3.63) is 119 Å². The molecule has 3 heterocycles. The Balaban J connectivity index is 1.41. The van der Waals surface area contributed by atoms with Gasteiger partial charge in [0, 0.05) is 62.0 Å². The van der Waals surface area contributed by atoms with Crippen molar-refractivity contribution in [2.24, 2.45) is 10.8 Å². The molecule has 0 aliphatic carbocycles. The molecule has 2 aromatic heterocycles. The summed E-state index contributed by atoms with van der Waals surface area (Å²) < 4.78 is 4.67. The summed E-state index contributed by atoms with van der Waals surface area (Å²) in [5.41, 5.74) is 5.39. The van der Waals surface area contributed by atoms with Gasteiger partial charge in [0.15, 0.2) is 0 Å². The van der Waals surface area contributed by atoms with Gasteiger partial charge in [-0.15, -0.1) is 0 Å². The van der Waals surface area contributed by atoms with Gasteiger partial charge in [-0.1, -0.05) is 95.3 Å². The number of benzene rings is 2. The minimum Gasteiger partial charge on any atom is -0.453 e. The molecule has 4 unspecified atom stereocenters. The number of rotatable bonds is 18. The Morgan fingerprint density at radius 2 is 1.62 bits per heavy atom. The van der Waals surface area contributed by atoms with Crippen LogP contribution in [0.5, 0.6) is 0 Å². The van der Waals surface area contributed by atoms with Crippen molar-refractivity contribution < 1.29 is 29.0 Å². The van der Waals surface area contributed by atoms with Crippen molar-refractivity contribution in [1.29, 1.82) is 0 Å². The third-order valence-electron chi connectivity index (χ3n) is 11.1. The van der Waals surface area contributed by atoms with E-state index in [1.165, 1.54) is 7.11 Å². The van der Waals surface area contributed by atoms with Crippen LogP contribution in [0.25, 0.3) is 11.3 Å². The summed E-state index contributed by atoms with van der Waals surface area (Å²) in [4.78, 5) is 66.3. The van der Waals surface area contributed by atoms with Gasteiger partial charge in [-0.25, -0.2) is 9.59 Å². The number of aromatic nitrogens is 2. The number of hydrogen-bond acceptors (Lipinski definition) is 8. The largest absolute Gasteiger partial charge is 0.453 e. The first-order valence-corrected chi connectivity index (χ1v) is 21.0. The Morgan fingerprint density at radius 1 is 0.902 bits per heavy atom. The van der Waals surface area contributed by atoms with Gasteiger partial charge in [0.05, 0.1) is 31.1 Å². The number of carbonyl (C=O) groups excluding carboxylic acids is 4. The number of nitrogens with one attached hydrogen (secondary N) is 3. The third kappa shape index (κ3) is 13.3. The SMILES string of the molecule is COC(=O)NCC(C)(C)CC(=O)NCC(O)CC(NC(=O)C(N1CCN(Cc2cccc(C)n2)C1=O)C(C)(C)C)C(Cc1ccc(-c2cc(C)ccn2)cc1)c1ccccc1. The fourth-order valence-corrected chi connectivity index (χ4v) is 7.96. The maximum atomic E-state index is 14.9. The third-order valence-corrected chi connectivity index (χ3v) is 11.1. The Labute approximate surface area is 360 Å². The number of aryl methyl sites for hydroxylation is 2. The van der Waals surface area contributed by atoms with Gasteiger partial charge in [0.1, 0.15) is 6.04 Å². The summed E-state index contributed by atoms with van der Waals surface area (Å²) in [6.07, 6.45) is 0.915. The van der Waals surface area contributed by atoms with E-state index >= 15 is 0 Å². The maximum absolute atomic E-state index is 14.9. The molecule has 4 aromatic rings. The van der Waals surface area contributed by atoms with Crippen molar-refractivity contribution in [2.75, 3.05) is 33.3 Å². The molecule has 5 rings (SSSR count). The zero-order valence-corrected chi connectivity index (χ0v) is 36.9. The highest BCUT2D eigenvalue weighted by atomic mass is 16.5. The van der Waals surface area contributed by atoms with Crippen LogP contribution in [0.2, 0.25) is 0 Å². The van der Waals surface area contributed by atoms with E-state index in [0.717, 1.165) is 39.3 Å². The summed E-state index contributed by atoms with van der Waals surface area (Å²) in [5.74, 6) is -0.912. The van der Waals surface area contributed by atoms with Gasteiger partial charge < -0.3 is 35.6 Å². The number of urea groups is 1. The number of nitrogens with zero attached hydrogens (tertiary/aromatic N) is 4. The van der Waals surface area contributed by atoms with E-state index in [9.17, 15) is 24.3 Å². The van der Waals surface area contributed by atoms with Crippen LogP contribution >= 0.6 is 0 Å². The Morgan fingerprint density at radius 3 is 2.28 bits per heavy atom. The number of pyridine rings is 2. The first-order chi connectivity index (χ1) is 28.9. The van der Waals surface area contributed by atoms with Gasteiger partial charge in [-0.3, -0.25) is 19.6 Å². The number of ether oxygens (including phenoxy) is 1. The molecule has 4 atom stereocenters. The summed E-state index contributed by atoms with van der Waals surface area (Å²) in [5, 5.41) is 20.5. The van der Waals surface area contributed by atoms with Crippen LogP contribution in [0.1, 0.15) is 81.5 Å². The molecule has 1 aliphatic heterocycles. The lowest BCUT2D eigenvalue weighted by molar-refractivity contribution is -0.130. The van der Waals surface area contributed by atoms with E-state index in [2.05, 4.69) is 42.8 Å². The van der Waals surface area contributed by atoms with E-state index < -0.39 is 35.1 Å². The molecule has 0 radical (unpaired) electrons. The Hall–Kier alpha value is -5.82. The molecule has 5 amide bonds. The van der Waals surface area contributed by atoms with Gasteiger partial charge >= 0.3 is 12.1 Å². The monoisotopic (exact) mass is 833 g/mol. The highest BCUT2D eigenvalue weighted by molar-refractivity contribution is 5.89. The fourth-order valence-electron chi connectivity index (χ4n) is 7.96. The number of carbonyl (C=O) groups is 4. The molecule has 2 aromatic carbocycles. The summed E-state index contributed by atoms with van der Waals surface area (Å²) >= 11 is 0. The molecule has 0 saturated carbocycles. The van der Waals surface area contributed by atoms with E-state index in [1.807, 2.05) is 121 Å². The number of aliphatic hydroxyl groups excluding tert-OH is 1. The van der Waals surface area contributed by atoms with Gasteiger partial charge in [0.2, 0.25) is 11.8 Å². The molecule has 4 N–H and O–H groups in total. The van der Waals surface area contributed by atoms with Crippen molar-refractivity contribution >= 4 is 23.9 Å². The predicted octanol–water partition coefficient (Wildman–Crippen LogP) is 6.56. The lowest BCUT2D eigenvalue weighted by Crippen LogP contribution is -2.57. The molecule has 0 spiro atoms.